The van der Waals surface area contributed by atoms with Crippen LogP contribution in [0.3, 0.4) is 0 Å². The average molecular weight is 255 g/mol. The van der Waals surface area contributed by atoms with E-state index in [9.17, 15) is 9.59 Å². The molecular weight excluding hydrogens is 238 g/mol. The Hall–Kier alpha value is -2.13. The maximum Gasteiger partial charge on any atom is 0.330 e. The van der Waals surface area contributed by atoms with Crippen LogP contribution < -0.4 is 0 Å². The summed E-state index contributed by atoms with van der Waals surface area (Å²) in [5.41, 5.74) is 0. The number of carbonyl (C=O) groups is 2. The van der Waals surface area contributed by atoms with Gasteiger partial charge in [0.05, 0.1) is 19.1 Å². The lowest BCUT2D eigenvalue weighted by molar-refractivity contribution is -0.139. The van der Waals surface area contributed by atoms with Crippen LogP contribution in [0.5, 0.6) is 0 Å². The molecule has 0 radical (unpaired) electrons. The molecule has 0 aliphatic carbocycles. The summed E-state index contributed by atoms with van der Waals surface area (Å²) in [5.74, 6) is -0.891. The Labute approximate surface area is 106 Å². The number of hydrogen-bond donors (Lipinski definition) is 0. The fourth-order valence-corrected chi connectivity index (χ4v) is 0.541. The van der Waals surface area contributed by atoms with Crippen molar-refractivity contribution in [3.63, 3.8) is 0 Å². The SMILES string of the molecule is C=CC(=O)OCCC#N.C=CC(=O)OCCOC. The van der Waals surface area contributed by atoms with Gasteiger partial charge in [0.1, 0.15) is 13.2 Å². The van der Waals surface area contributed by atoms with Crippen LogP contribution in [0.4, 0.5) is 0 Å². The molecule has 18 heavy (non-hydrogen) atoms. The van der Waals surface area contributed by atoms with Crippen LogP contribution in [0.25, 0.3) is 0 Å². The molecule has 0 N–H and O–H groups in total. The molecule has 0 heterocycles. The lowest BCUT2D eigenvalue weighted by Gasteiger charge is -1.98. The molecule has 100 valence electrons. The van der Waals surface area contributed by atoms with Crippen LogP contribution in [0.15, 0.2) is 25.3 Å². The van der Waals surface area contributed by atoms with Gasteiger partial charge >= 0.3 is 11.9 Å². The highest BCUT2D eigenvalue weighted by molar-refractivity contribution is 5.81. The van der Waals surface area contributed by atoms with E-state index in [1.165, 1.54) is 0 Å². The van der Waals surface area contributed by atoms with Crippen molar-refractivity contribution in [1.82, 2.24) is 0 Å². The van der Waals surface area contributed by atoms with Crippen LogP contribution in [0.2, 0.25) is 0 Å². The van der Waals surface area contributed by atoms with Crippen LogP contribution in [-0.2, 0) is 23.8 Å². The van der Waals surface area contributed by atoms with E-state index in [-0.39, 0.29) is 13.0 Å². The Bertz CT molecular complexity index is 306. The minimum Gasteiger partial charge on any atom is -0.461 e. The number of rotatable bonds is 7. The lowest BCUT2D eigenvalue weighted by Crippen LogP contribution is -2.06. The lowest BCUT2D eigenvalue weighted by atomic mass is 10.5. The number of carbonyl (C=O) groups excluding carboxylic acids is 2. The highest BCUT2D eigenvalue weighted by Crippen LogP contribution is 1.81. The number of nitriles is 1. The highest BCUT2D eigenvalue weighted by Gasteiger charge is 1.92. The maximum atomic E-state index is 10.3. The normalized spacial score (nSPS) is 8.00. The van der Waals surface area contributed by atoms with Gasteiger partial charge in [0.2, 0.25) is 0 Å². The van der Waals surface area contributed by atoms with Gasteiger partial charge in [-0.1, -0.05) is 13.2 Å². The molecule has 0 rings (SSSR count). The quantitative estimate of drug-likeness (QED) is 0.383. The number of esters is 2. The second-order valence-corrected chi connectivity index (χ2v) is 2.64. The van der Waals surface area contributed by atoms with Crippen molar-refractivity contribution in [2.24, 2.45) is 0 Å². The highest BCUT2D eigenvalue weighted by atomic mass is 16.6. The van der Waals surface area contributed by atoms with E-state index in [1.54, 1.807) is 7.11 Å². The molecule has 0 aromatic carbocycles. The van der Waals surface area contributed by atoms with Crippen molar-refractivity contribution < 1.29 is 23.8 Å². The molecular formula is C12H17NO5. The van der Waals surface area contributed by atoms with E-state index >= 15 is 0 Å². The summed E-state index contributed by atoms with van der Waals surface area (Å²) in [6.07, 6.45) is 2.42. The molecule has 0 spiro atoms. The third-order valence-electron chi connectivity index (χ3n) is 1.32. The average Bonchev–Trinajstić information content (AvgIpc) is 2.39. The number of hydrogen-bond acceptors (Lipinski definition) is 6. The van der Waals surface area contributed by atoms with Gasteiger partial charge in [0, 0.05) is 19.3 Å². The monoisotopic (exact) mass is 255 g/mol. The van der Waals surface area contributed by atoms with Crippen molar-refractivity contribution >= 4 is 11.9 Å². The fourth-order valence-electron chi connectivity index (χ4n) is 0.541. The molecule has 0 saturated heterocycles. The Morgan fingerprint density at radius 3 is 2.00 bits per heavy atom. The fraction of sp³-hybridized carbons (Fsp3) is 0.417. The van der Waals surface area contributed by atoms with Crippen molar-refractivity contribution in [3.8, 4) is 6.07 Å². The van der Waals surface area contributed by atoms with E-state index in [0.717, 1.165) is 12.2 Å². The molecule has 6 heteroatoms. The molecule has 0 aliphatic heterocycles. The first-order chi connectivity index (χ1) is 8.62. The van der Waals surface area contributed by atoms with Crippen molar-refractivity contribution in [2.75, 3.05) is 26.9 Å². The summed E-state index contributed by atoms with van der Waals surface area (Å²) in [4.78, 5) is 20.5. The predicted octanol–water partition coefficient (Wildman–Crippen LogP) is 0.991. The van der Waals surface area contributed by atoms with Gasteiger partial charge in [0.25, 0.3) is 0 Å². The Morgan fingerprint density at radius 1 is 1.11 bits per heavy atom. The second-order valence-electron chi connectivity index (χ2n) is 2.64. The van der Waals surface area contributed by atoms with E-state index in [1.807, 2.05) is 6.07 Å². The molecule has 6 nitrogen and oxygen atoms in total. The van der Waals surface area contributed by atoms with Gasteiger partial charge in [0.15, 0.2) is 0 Å². The van der Waals surface area contributed by atoms with Gasteiger partial charge in [-0.05, 0) is 0 Å². The van der Waals surface area contributed by atoms with Gasteiger partial charge in [-0.2, -0.15) is 5.26 Å². The molecule has 0 amide bonds. The van der Waals surface area contributed by atoms with Crippen LogP contribution in [0.1, 0.15) is 6.42 Å². The van der Waals surface area contributed by atoms with Gasteiger partial charge in [-0.15, -0.1) is 0 Å². The standard InChI is InChI=1S/C6H7NO2.C6H10O3/c1-2-6(8)9-5-3-4-7;1-3-6(7)9-5-4-8-2/h2H,1,3,5H2;3H,1,4-5H2,2H3. The minimum absolute atomic E-state index is 0.154. The Morgan fingerprint density at radius 2 is 1.61 bits per heavy atom. The first-order valence-corrected chi connectivity index (χ1v) is 5.06. The summed E-state index contributed by atoms with van der Waals surface area (Å²) >= 11 is 0. The van der Waals surface area contributed by atoms with Crippen molar-refractivity contribution in [2.45, 2.75) is 6.42 Å². The van der Waals surface area contributed by atoms with Gasteiger partial charge in [-0.3, -0.25) is 0 Å². The Kier molecular flexibility index (Phi) is 15.1. The summed E-state index contributed by atoms with van der Waals surface area (Å²) in [6, 6.07) is 1.84. The summed E-state index contributed by atoms with van der Waals surface area (Å²) in [5, 5.41) is 7.98. The third kappa shape index (κ3) is 16.3. The molecule has 0 bridgehead atoms. The van der Waals surface area contributed by atoms with E-state index in [0.29, 0.717) is 13.2 Å². The first-order valence-electron chi connectivity index (χ1n) is 5.06. The molecule has 0 aromatic heterocycles. The van der Waals surface area contributed by atoms with Crippen molar-refractivity contribution in [3.05, 3.63) is 25.3 Å². The van der Waals surface area contributed by atoms with E-state index < -0.39 is 11.9 Å². The molecule has 0 atom stereocenters. The number of nitrogens with zero attached hydrogens (tertiary/aromatic N) is 1. The molecule has 0 unspecified atom stereocenters. The van der Waals surface area contributed by atoms with Crippen molar-refractivity contribution in [1.29, 1.82) is 5.26 Å². The first kappa shape index (κ1) is 18.2. The van der Waals surface area contributed by atoms with Crippen LogP contribution in [0, 0.1) is 11.3 Å². The predicted molar refractivity (Wildman–Crippen MR) is 64.4 cm³/mol. The third-order valence-corrected chi connectivity index (χ3v) is 1.32. The number of ether oxygens (including phenoxy) is 3. The molecule has 0 fully saturated rings. The number of methoxy groups -OCH3 is 1. The topological polar surface area (TPSA) is 85.6 Å². The summed E-state index contributed by atoms with van der Waals surface area (Å²) in [7, 11) is 1.54. The molecule has 0 aliphatic rings. The Balaban J connectivity index is 0. The smallest absolute Gasteiger partial charge is 0.330 e. The zero-order valence-corrected chi connectivity index (χ0v) is 10.4. The zero-order chi connectivity index (χ0) is 14.2. The van der Waals surface area contributed by atoms with Crippen LogP contribution in [-0.4, -0.2) is 38.9 Å². The minimum atomic E-state index is -0.481. The zero-order valence-electron chi connectivity index (χ0n) is 10.4. The van der Waals surface area contributed by atoms with E-state index in [2.05, 4.69) is 27.4 Å². The maximum absolute atomic E-state index is 10.3. The molecule has 0 saturated carbocycles. The van der Waals surface area contributed by atoms with E-state index in [4.69, 9.17) is 5.26 Å². The summed E-state index contributed by atoms with van der Waals surface area (Å²) in [6.45, 7) is 7.28. The van der Waals surface area contributed by atoms with Gasteiger partial charge < -0.3 is 14.2 Å². The van der Waals surface area contributed by atoms with Gasteiger partial charge in [-0.25, -0.2) is 9.59 Å². The second kappa shape index (κ2) is 14.9. The largest absolute Gasteiger partial charge is 0.461 e. The summed E-state index contributed by atoms with van der Waals surface area (Å²) < 4.78 is 13.6. The van der Waals surface area contributed by atoms with Crippen LogP contribution >= 0.6 is 0 Å². The molecule has 0 aromatic rings.